The number of carbonyl (C=O) groups excluding carboxylic acids is 1. The van der Waals surface area contributed by atoms with Crippen LogP contribution in [0.1, 0.15) is 11.7 Å². The minimum absolute atomic E-state index is 0.290. The summed E-state index contributed by atoms with van der Waals surface area (Å²) in [5.74, 6) is 0. The largest absolute Gasteiger partial charge is 0.326 e. The molecule has 0 radical (unpaired) electrons. The van der Waals surface area contributed by atoms with Gasteiger partial charge in [0.2, 0.25) is 0 Å². The maximum absolute atomic E-state index is 11.9. The molecule has 0 saturated heterocycles. The molecule has 2 amide bonds. The highest BCUT2D eigenvalue weighted by atomic mass is 16.2. The van der Waals surface area contributed by atoms with Crippen LogP contribution in [-0.4, -0.2) is 11.0 Å². The molecule has 96 valence electrons. The van der Waals surface area contributed by atoms with Gasteiger partial charge in [-0.05, 0) is 24.3 Å². The van der Waals surface area contributed by atoms with Gasteiger partial charge in [-0.2, -0.15) is 0 Å². The first kappa shape index (κ1) is 12.8. The van der Waals surface area contributed by atoms with Crippen LogP contribution < -0.4 is 10.6 Å². The van der Waals surface area contributed by atoms with Crippen molar-refractivity contribution >= 4 is 11.7 Å². The lowest BCUT2D eigenvalue weighted by molar-refractivity contribution is 0.250. The first-order valence-corrected chi connectivity index (χ1v) is 5.95. The number of para-hydroxylation sites is 1. The normalized spacial score (nSPS) is 11.4. The van der Waals surface area contributed by atoms with Gasteiger partial charge in [0, 0.05) is 11.9 Å². The summed E-state index contributed by atoms with van der Waals surface area (Å²) in [7, 11) is 0. The van der Waals surface area contributed by atoms with Crippen LogP contribution in [-0.2, 0) is 0 Å². The van der Waals surface area contributed by atoms with E-state index in [1.165, 1.54) is 0 Å². The highest BCUT2D eigenvalue weighted by Gasteiger charge is 2.11. The summed E-state index contributed by atoms with van der Waals surface area (Å²) in [5, 5.41) is 5.55. The van der Waals surface area contributed by atoms with Crippen LogP contribution >= 0.6 is 0 Å². The molecule has 1 heterocycles. The zero-order valence-corrected chi connectivity index (χ0v) is 10.4. The van der Waals surface area contributed by atoms with Crippen molar-refractivity contribution in [2.75, 3.05) is 5.32 Å². The highest BCUT2D eigenvalue weighted by Crippen LogP contribution is 2.11. The number of nitrogens with one attached hydrogen (secondary N) is 2. The van der Waals surface area contributed by atoms with Crippen LogP contribution in [0.2, 0.25) is 0 Å². The molecule has 0 bridgehead atoms. The van der Waals surface area contributed by atoms with Crippen molar-refractivity contribution in [2.45, 2.75) is 6.04 Å². The summed E-state index contributed by atoms with van der Waals surface area (Å²) in [6.07, 6.45) is 3.33. The predicted molar refractivity (Wildman–Crippen MR) is 75.8 cm³/mol. The summed E-state index contributed by atoms with van der Waals surface area (Å²) in [4.78, 5) is 16.1. The van der Waals surface area contributed by atoms with E-state index in [1.54, 1.807) is 12.3 Å². The van der Waals surface area contributed by atoms with E-state index in [1.807, 2.05) is 48.5 Å². The van der Waals surface area contributed by atoms with Crippen molar-refractivity contribution < 1.29 is 4.79 Å². The average molecular weight is 253 g/mol. The first-order valence-electron chi connectivity index (χ1n) is 5.95. The molecule has 1 unspecified atom stereocenters. The van der Waals surface area contributed by atoms with E-state index in [9.17, 15) is 4.79 Å². The van der Waals surface area contributed by atoms with E-state index in [-0.39, 0.29) is 12.1 Å². The molecule has 0 fully saturated rings. The summed E-state index contributed by atoms with van der Waals surface area (Å²) in [6.45, 7) is 3.71. The van der Waals surface area contributed by atoms with Crippen LogP contribution in [0.4, 0.5) is 10.5 Å². The van der Waals surface area contributed by atoms with Crippen LogP contribution in [0.15, 0.2) is 67.4 Å². The van der Waals surface area contributed by atoms with Gasteiger partial charge >= 0.3 is 6.03 Å². The molecular formula is C15H15N3O. The van der Waals surface area contributed by atoms with Crippen molar-refractivity contribution in [3.05, 3.63) is 73.1 Å². The molecule has 0 spiro atoms. The molecule has 4 nitrogen and oxygen atoms in total. The van der Waals surface area contributed by atoms with Crippen LogP contribution in [0.25, 0.3) is 0 Å². The number of anilines is 1. The van der Waals surface area contributed by atoms with Crippen molar-refractivity contribution in [1.82, 2.24) is 10.3 Å². The SMILES string of the molecule is C=CC(NC(=O)Nc1ccccc1)c1ccccn1. The second-order valence-electron chi connectivity index (χ2n) is 3.93. The number of urea groups is 1. The monoisotopic (exact) mass is 253 g/mol. The van der Waals surface area contributed by atoms with Crippen molar-refractivity contribution in [3.8, 4) is 0 Å². The summed E-state index contributed by atoms with van der Waals surface area (Å²) < 4.78 is 0. The topological polar surface area (TPSA) is 54.0 Å². The fraction of sp³-hybridized carbons (Fsp3) is 0.0667. The standard InChI is InChI=1S/C15H15N3O/c1-2-13(14-10-6-7-11-16-14)18-15(19)17-12-8-4-3-5-9-12/h2-11,13H,1H2,(H2,17,18,19). The van der Waals surface area contributed by atoms with Gasteiger partial charge < -0.3 is 10.6 Å². The van der Waals surface area contributed by atoms with Gasteiger partial charge in [0.05, 0.1) is 11.7 Å². The predicted octanol–water partition coefficient (Wildman–Crippen LogP) is 3.13. The Morgan fingerprint density at radius 1 is 1.16 bits per heavy atom. The van der Waals surface area contributed by atoms with Crippen LogP contribution in [0.5, 0.6) is 0 Å². The summed E-state index contributed by atoms with van der Waals surface area (Å²) >= 11 is 0. The van der Waals surface area contributed by atoms with Gasteiger partial charge in [-0.15, -0.1) is 6.58 Å². The number of hydrogen-bond acceptors (Lipinski definition) is 2. The number of rotatable bonds is 4. The molecule has 2 aromatic rings. The molecule has 1 aromatic carbocycles. The molecule has 2 N–H and O–H groups in total. The van der Waals surface area contributed by atoms with Crippen molar-refractivity contribution in [2.24, 2.45) is 0 Å². The van der Waals surface area contributed by atoms with Gasteiger partial charge in [-0.25, -0.2) is 4.79 Å². The number of nitrogens with zero attached hydrogens (tertiary/aromatic N) is 1. The minimum Gasteiger partial charge on any atom is -0.326 e. The van der Waals surface area contributed by atoms with E-state index in [4.69, 9.17) is 0 Å². The van der Waals surface area contributed by atoms with Gasteiger partial charge in [0.25, 0.3) is 0 Å². The lowest BCUT2D eigenvalue weighted by Crippen LogP contribution is -2.32. The fourth-order valence-electron chi connectivity index (χ4n) is 1.64. The summed E-state index contributed by atoms with van der Waals surface area (Å²) in [6, 6.07) is 14.2. The molecule has 0 aliphatic carbocycles. The Morgan fingerprint density at radius 3 is 2.53 bits per heavy atom. The van der Waals surface area contributed by atoms with Gasteiger partial charge in [-0.3, -0.25) is 4.98 Å². The van der Waals surface area contributed by atoms with Crippen LogP contribution in [0, 0.1) is 0 Å². The number of amides is 2. The number of benzene rings is 1. The average Bonchev–Trinajstić information content (AvgIpc) is 2.47. The number of carbonyl (C=O) groups is 1. The maximum Gasteiger partial charge on any atom is 0.320 e. The zero-order valence-electron chi connectivity index (χ0n) is 10.4. The summed E-state index contributed by atoms with van der Waals surface area (Å²) in [5.41, 5.74) is 1.49. The second-order valence-corrected chi connectivity index (χ2v) is 3.93. The van der Waals surface area contributed by atoms with Gasteiger partial charge in [-0.1, -0.05) is 30.3 Å². The Morgan fingerprint density at radius 2 is 1.89 bits per heavy atom. The Kier molecular flexibility index (Phi) is 4.29. The van der Waals surface area contributed by atoms with E-state index < -0.39 is 0 Å². The molecule has 19 heavy (non-hydrogen) atoms. The lowest BCUT2D eigenvalue weighted by Gasteiger charge is -2.14. The molecule has 2 rings (SSSR count). The third-order valence-corrected chi connectivity index (χ3v) is 2.56. The Bertz CT molecular complexity index is 540. The molecule has 1 atom stereocenters. The lowest BCUT2D eigenvalue weighted by atomic mass is 10.2. The van der Waals surface area contributed by atoms with Crippen molar-refractivity contribution in [1.29, 1.82) is 0 Å². The van der Waals surface area contributed by atoms with Crippen LogP contribution in [0.3, 0.4) is 0 Å². The van der Waals surface area contributed by atoms with Gasteiger partial charge in [0.15, 0.2) is 0 Å². The molecule has 0 saturated carbocycles. The third-order valence-electron chi connectivity index (χ3n) is 2.56. The zero-order chi connectivity index (χ0) is 13.5. The number of hydrogen-bond donors (Lipinski definition) is 2. The van der Waals surface area contributed by atoms with Crippen molar-refractivity contribution in [3.63, 3.8) is 0 Å². The van der Waals surface area contributed by atoms with E-state index in [0.717, 1.165) is 11.4 Å². The Hall–Kier alpha value is -2.62. The molecule has 1 aromatic heterocycles. The fourth-order valence-corrected chi connectivity index (χ4v) is 1.64. The maximum atomic E-state index is 11.9. The number of pyridine rings is 1. The Balaban J connectivity index is 1.99. The smallest absolute Gasteiger partial charge is 0.320 e. The number of aromatic nitrogens is 1. The van der Waals surface area contributed by atoms with E-state index in [0.29, 0.717) is 0 Å². The molecule has 0 aliphatic rings. The van der Waals surface area contributed by atoms with Gasteiger partial charge in [0.1, 0.15) is 0 Å². The van der Waals surface area contributed by atoms with E-state index in [2.05, 4.69) is 22.2 Å². The molecule has 0 aliphatic heterocycles. The third kappa shape index (κ3) is 3.67. The second kappa shape index (κ2) is 6.35. The van der Waals surface area contributed by atoms with E-state index >= 15 is 0 Å². The quantitative estimate of drug-likeness (QED) is 0.822. The molecular weight excluding hydrogens is 238 g/mol. The minimum atomic E-state index is -0.315. The Labute approximate surface area is 112 Å². The first-order chi connectivity index (χ1) is 9.29. The highest BCUT2D eigenvalue weighted by molar-refractivity contribution is 5.89. The molecule has 4 heteroatoms.